The Balaban J connectivity index is 2.68. The van der Waals surface area contributed by atoms with E-state index in [4.69, 9.17) is 11.6 Å². The number of benzene rings is 1. The van der Waals surface area contributed by atoms with Crippen molar-refractivity contribution in [1.82, 2.24) is 0 Å². The van der Waals surface area contributed by atoms with Gasteiger partial charge in [0.15, 0.2) is 0 Å². The molecule has 2 rings (SSSR count). The smallest absolute Gasteiger partial charge is 0.0443 e. The van der Waals surface area contributed by atoms with Crippen LogP contribution in [0, 0.1) is 5.92 Å². The van der Waals surface area contributed by atoms with Gasteiger partial charge in [0.05, 0.1) is 0 Å². The third-order valence-electron chi connectivity index (χ3n) is 4.09. The molecule has 0 bridgehead atoms. The minimum absolute atomic E-state index is 0.264. The Morgan fingerprint density at radius 1 is 1.21 bits per heavy atom. The molecule has 1 aliphatic rings. The van der Waals surface area contributed by atoms with Crippen molar-refractivity contribution in [2.45, 2.75) is 39.0 Å². The van der Waals surface area contributed by atoms with E-state index in [2.05, 4.69) is 39.8 Å². The summed E-state index contributed by atoms with van der Waals surface area (Å²) in [4.78, 5) is 0. The molecule has 14 heavy (non-hydrogen) atoms. The Morgan fingerprint density at radius 2 is 1.86 bits per heavy atom. The first-order valence-electron chi connectivity index (χ1n) is 5.25. The molecule has 0 radical (unpaired) electrons. The minimum atomic E-state index is 0.264. The molecule has 0 aromatic heterocycles. The van der Waals surface area contributed by atoms with Crippen LogP contribution in [0.25, 0.3) is 0 Å². The highest BCUT2D eigenvalue weighted by molar-refractivity contribution is 6.31. The number of halogens is 1. The highest BCUT2D eigenvalue weighted by Crippen LogP contribution is 2.51. The summed E-state index contributed by atoms with van der Waals surface area (Å²) < 4.78 is 0. The van der Waals surface area contributed by atoms with Gasteiger partial charge in [0.1, 0.15) is 0 Å². The third kappa shape index (κ3) is 1.13. The zero-order valence-electron chi connectivity index (χ0n) is 9.26. The first kappa shape index (κ1) is 10.0. The molecule has 1 aromatic rings. The summed E-state index contributed by atoms with van der Waals surface area (Å²) in [6, 6.07) is 6.29. The number of hydrogen-bond acceptors (Lipinski definition) is 0. The molecule has 0 aliphatic heterocycles. The largest absolute Gasteiger partial charge is 0.0840 e. The number of hydrogen-bond donors (Lipinski definition) is 0. The van der Waals surface area contributed by atoms with E-state index in [1.807, 2.05) is 6.07 Å². The maximum Gasteiger partial charge on any atom is 0.0443 e. The average Bonchev–Trinajstić information content (AvgIpc) is 2.30. The Morgan fingerprint density at radius 3 is 2.43 bits per heavy atom. The van der Waals surface area contributed by atoms with Gasteiger partial charge in [-0.15, -0.1) is 0 Å². The molecule has 1 aliphatic carbocycles. The molecule has 0 unspecified atom stereocenters. The molecular formula is C13H17Cl. The van der Waals surface area contributed by atoms with Crippen LogP contribution in [0.2, 0.25) is 5.02 Å². The molecule has 1 heteroatoms. The van der Waals surface area contributed by atoms with Gasteiger partial charge in [0.25, 0.3) is 0 Å². The van der Waals surface area contributed by atoms with Crippen LogP contribution in [-0.2, 0) is 5.41 Å². The quantitative estimate of drug-likeness (QED) is 0.557. The van der Waals surface area contributed by atoms with E-state index in [0.29, 0.717) is 11.8 Å². The zero-order chi connectivity index (χ0) is 10.5. The van der Waals surface area contributed by atoms with E-state index in [1.165, 1.54) is 11.1 Å². The van der Waals surface area contributed by atoms with Crippen LogP contribution in [0.5, 0.6) is 0 Å². The lowest BCUT2D eigenvalue weighted by Gasteiger charge is -2.26. The molecule has 0 saturated carbocycles. The van der Waals surface area contributed by atoms with Gasteiger partial charge in [-0.2, -0.15) is 0 Å². The molecule has 2 atom stereocenters. The molecule has 0 nitrogen and oxygen atoms in total. The second-order valence-corrected chi connectivity index (χ2v) is 5.41. The van der Waals surface area contributed by atoms with E-state index in [1.54, 1.807) is 0 Å². The molecule has 0 N–H and O–H groups in total. The fourth-order valence-electron chi connectivity index (χ4n) is 2.68. The molecule has 0 fully saturated rings. The van der Waals surface area contributed by atoms with Crippen LogP contribution < -0.4 is 0 Å². The highest BCUT2D eigenvalue weighted by atomic mass is 35.5. The van der Waals surface area contributed by atoms with Crippen LogP contribution in [0.15, 0.2) is 18.2 Å². The SMILES string of the molecule is C[C@H]1[13C@H](C)c2c(Cl)cccc2C1(C)C. The van der Waals surface area contributed by atoms with Gasteiger partial charge in [-0.1, -0.05) is 51.4 Å². The first-order valence-corrected chi connectivity index (χ1v) is 5.63. The maximum atomic E-state index is 6.26. The van der Waals surface area contributed by atoms with Gasteiger partial charge < -0.3 is 0 Å². The van der Waals surface area contributed by atoms with Crippen LogP contribution in [0.3, 0.4) is 0 Å². The van der Waals surface area contributed by atoms with E-state index < -0.39 is 0 Å². The predicted octanol–water partition coefficient (Wildman–Crippen LogP) is 4.37. The van der Waals surface area contributed by atoms with Gasteiger partial charge in [-0.25, -0.2) is 0 Å². The lowest BCUT2D eigenvalue weighted by Crippen LogP contribution is -2.22. The van der Waals surface area contributed by atoms with Crippen molar-refractivity contribution < 1.29 is 0 Å². The molecule has 0 spiro atoms. The summed E-state index contributed by atoms with van der Waals surface area (Å²) in [5.41, 5.74) is 3.07. The molecule has 76 valence electrons. The third-order valence-corrected chi connectivity index (χ3v) is 4.42. The van der Waals surface area contributed by atoms with Gasteiger partial charge >= 0.3 is 0 Å². The standard InChI is InChI=1S/C13H17Cl/c1-8-9(2)13(3,4)10-6-5-7-11(14)12(8)10/h5-9H,1-4H3/t8-,9-/m0/s1/i8+1. The Hall–Kier alpha value is -0.490. The van der Waals surface area contributed by atoms with Crippen molar-refractivity contribution in [3.05, 3.63) is 34.3 Å². The topological polar surface area (TPSA) is 0 Å². The molecule has 0 amide bonds. The van der Waals surface area contributed by atoms with Crippen molar-refractivity contribution >= 4 is 11.6 Å². The van der Waals surface area contributed by atoms with Crippen LogP contribution in [-0.4, -0.2) is 0 Å². The van der Waals surface area contributed by atoms with Crippen molar-refractivity contribution in [2.75, 3.05) is 0 Å². The van der Waals surface area contributed by atoms with E-state index in [-0.39, 0.29) is 5.41 Å². The lowest BCUT2D eigenvalue weighted by molar-refractivity contribution is 0.342. The lowest BCUT2D eigenvalue weighted by atomic mass is 9.81. The molecule has 0 heterocycles. The van der Waals surface area contributed by atoms with E-state index >= 15 is 0 Å². The second kappa shape index (κ2) is 3.00. The van der Waals surface area contributed by atoms with Gasteiger partial charge in [0.2, 0.25) is 0 Å². The fraction of sp³-hybridized carbons (Fsp3) is 0.538. The van der Waals surface area contributed by atoms with Crippen molar-refractivity contribution in [3.63, 3.8) is 0 Å². The summed E-state index contributed by atoms with van der Waals surface area (Å²) in [6.45, 7) is 9.23. The van der Waals surface area contributed by atoms with Crippen LogP contribution in [0.1, 0.15) is 44.7 Å². The monoisotopic (exact) mass is 209 g/mol. The number of rotatable bonds is 0. The Labute approximate surface area is 91.3 Å². The Bertz CT molecular complexity index is 365. The van der Waals surface area contributed by atoms with Crippen molar-refractivity contribution in [2.24, 2.45) is 5.92 Å². The van der Waals surface area contributed by atoms with E-state index in [0.717, 1.165) is 5.02 Å². The normalized spacial score (nSPS) is 28.9. The molecular weight excluding hydrogens is 193 g/mol. The van der Waals surface area contributed by atoms with Crippen LogP contribution >= 0.6 is 11.6 Å². The van der Waals surface area contributed by atoms with Gasteiger partial charge in [-0.05, 0) is 34.4 Å². The van der Waals surface area contributed by atoms with Crippen molar-refractivity contribution in [3.8, 4) is 0 Å². The zero-order valence-corrected chi connectivity index (χ0v) is 10.0. The predicted molar refractivity (Wildman–Crippen MR) is 62.1 cm³/mol. The number of fused-ring (bicyclic) bond motifs is 1. The van der Waals surface area contributed by atoms with Crippen molar-refractivity contribution in [1.29, 1.82) is 0 Å². The first-order chi connectivity index (χ1) is 6.46. The summed E-state index contributed by atoms with van der Waals surface area (Å²) >= 11 is 6.26. The Kier molecular flexibility index (Phi) is 2.15. The second-order valence-electron chi connectivity index (χ2n) is 5.00. The van der Waals surface area contributed by atoms with Crippen LogP contribution in [0.4, 0.5) is 0 Å². The van der Waals surface area contributed by atoms with Gasteiger partial charge in [-0.3, -0.25) is 0 Å². The molecule has 1 aromatic carbocycles. The summed E-state index contributed by atoms with van der Waals surface area (Å²) in [7, 11) is 0. The van der Waals surface area contributed by atoms with E-state index in [9.17, 15) is 0 Å². The highest BCUT2D eigenvalue weighted by Gasteiger charge is 2.42. The summed E-state index contributed by atoms with van der Waals surface area (Å²) in [5.74, 6) is 1.24. The fourth-order valence-corrected chi connectivity index (χ4v) is 3.03. The molecule has 0 saturated heterocycles. The summed E-state index contributed by atoms with van der Waals surface area (Å²) in [5, 5.41) is 0.937. The van der Waals surface area contributed by atoms with Gasteiger partial charge in [0, 0.05) is 5.02 Å². The minimum Gasteiger partial charge on any atom is -0.0840 e. The maximum absolute atomic E-state index is 6.26. The summed E-state index contributed by atoms with van der Waals surface area (Å²) in [6.07, 6.45) is 0. The average molecular weight is 210 g/mol.